The second-order valence-electron chi connectivity index (χ2n) is 6.88. The zero-order valence-corrected chi connectivity index (χ0v) is 13.4. The number of aliphatic hydroxyl groups excluding tert-OH is 1. The monoisotopic (exact) mass is 294 g/mol. The van der Waals surface area contributed by atoms with Gasteiger partial charge in [0, 0.05) is 38.4 Å². The lowest BCUT2D eigenvalue weighted by Gasteiger charge is -2.37. The van der Waals surface area contributed by atoms with E-state index in [2.05, 4.69) is 15.1 Å². The van der Waals surface area contributed by atoms with Gasteiger partial charge in [0.2, 0.25) is 0 Å². The molecule has 2 rings (SSSR count). The molecule has 1 aliphatic rings. The Kier molecular flexibility index (Phi) is 4.68. The van der Waals surface area contributed by atoms with E-state index in [1.54, 1.807) is 6.20 Å². The van der Waals surface area contributed by atoms with Crippen molar-refractivity contribution in [2.24, 2.45) is 5.41 Å². The molecule has 0 bridgehead atoms. The van der Waals surface area contributed by atoms with Crippen molar-refractivity contribution in [3.8, 4) is 0 Å². The van der Waals surface area contributed by atoms with Crippen LogP contribution in [0.25, 0.3) is 0 Å². The number of piperazine rings is 1. The largest absolute Gasteiger partial charge is 0.391 e. The van der Waals surface area contributed by atoms with Crippen molar-refractivity contribution < 1.29 is 9.90 Å². The van der Waals surface area contributed by atoms with Crippen molar-refractivity contribution in [3.63, 3.8) is 0 Å². The van der Waals surface area contributed by atoms with E-state index < -0.39 is 0 Å². The molecule has 6 heteroatoms. The number of rotatable bonds is 3. The van der Waals surface area contributed by atoms with Crippen molar-refractivity contribution in [3.05, 3.63) is 17.5 Å². The molecule has 1 amide bonds. The lowest BCUT2D eigenvalue weighted by atomic mass is 9.89. The molecular weight excluding hydrogens is 268 g/mol. The first-order chi connectivity index (χ1) is 9.79. The van der Waals surface area contributed by atoms with Crippen LogP contribution < -0.4 is 0 Å². The van der Waals surface area contributed by atoms with Crippen LogP contribution in [0.3, 0.4) is 0 Å². The Morgan fingerprint density at radius 3 is 2.48 bits per heavy atom. The van der Waals surface area contributed by atoms with E-state index in [9.17, 15) is 9.90 Å². The van der Waals surface area contributed by atoms with Gasteiger partial charge in [-0.25, -0.2) is 0 Å². The maximum atomic E-state index is 12.4. The summed E-state index contributed by atoms with van der Waals surface area (Å²) in [6.45, 7) is 11.6. The number of nitrogens with zero attached hydrogens (tertiary/aromatic N) is 3. The summed E-state index contributed by atoms with van der Waals surface area (Å²) in [5.41, 5.74) is 1.35. The van der Waals surface area contributed by atoms with Crippen molar-refractivity contribution in [1.82, 2.24) is 20.0 Å². The highest BCUT2D eigenvalue weighted by atomic mass is 16.3. The topological polar surface area (TPSA) is 72.5 Å². The number of carbonyl (C=O) groups excluding carboxylic acids is 1. The van der Waals surface area contributed by atoms with E-state index in [4.69, 9.17) is 0 Å². The minimum absolute atomic E-state index is 0.0391. The van der Waals surface area contributed by atoms with Gasteiger partial charge in [-0.3, -0.25) is 14.8 Å². The van der Waals surface area contributed by atoms with E-state index in [1.807, 2.05) is 32.6 Å². The summed E-state index contributed by atoms with van der Waals surface area (Å²) in [5.74, 6) is 0.0391. The number of aromatic nitrogens is 2. The van der Waals surface area contributed by atoms with E-state index >= 15 is 0 Å². The maximum absolute atomic E-state index is 12.4. The molecule has 118 valence electrons. The lowest BCUT2D eigenvalue weighted by molar-refractivity contribution is 0.0137. The Hall–Kier alpha value is -1.40. The highest BCUT2D eigenvalue weighted by molar-refractivity contribution is 5.95. The molecule has 0 aromatic carbocycles. The van der Waals surface area contributed by atoms with Crippen molar-refractivity contribution in [2.45, 2.75) is 33.8 Å². The Balaban J connectivity index is 1.86. The van der Waals surface area contributed by atoms with Gasteiger partial charge in [-0.05, 0) is 12.3 Å². The molecule has 0 aliphatic carbocycles. The fourth-order valence-corrected chi connectivity index (χ4v) is 2.39. The van der Waals surface area contributed by atoms with Crippen molar-refractivity contribution in [2.75, 3.05) is 32.7 Å². The third-order valence-electron chi connectivity index (χ3n) is 4.15. The van der Waals surface area contributed by atoms with Crippen LogP contribution in [0, 0.1) is 12.3 Å². The summed E-state index contributed by atoms with van der Waals surface area (Å²) in [6.07, 6.45) is 1.24. The summed E-state index contributed by atoms with van der Waals surface area (Å²) in [5, 5.41) is 16.9. The average Bonchev–Trinajstić information content (AvgIpc) is 2.84. The van der Waals surface area contributed by atoms with Crippen LogP contribution in [0.5, 0.6) is 0 Å². The van der Waals surface area contributed by atoms with Crippen molar-refractivity contribution >= 4 is 5.91 Å². The molecule has 1 fully saturated rings. The fraction of sp³-hybridized carbons (Fsp3) is 0.733. The second-order valence-corrected chi connectivity index (χ2v) is 6.88. The average molecular weight is 294 g/mol. The molecule has 0 radical (unpaired) electrons. The predicted molar refractivity (Wildman–Crippen MR) is 81.1 cm³/mol. The Morgan fingerprint density at radius 2 is 2.00 bits per heavy atom. The number of H-pyrrole nitrogens is 1. The number of hydrogen-bond donors (Lipinski definition) is 2. The van der Waals surface area contributed by atoms with E-state index in [1.165, 1.54) is 0 Å². The normalized spacial score (nSPS) is 18.8. The molecule has 2 N–H and O–H groups in total. The van der Waals surface area contributed by atoms with Gasteiger partial charge in [-0.1, -0.05) is 20.8 Å². The molecule has 1 aliphatic heterocycles. The van der Waals surface area contributed by atoms with E-state index in [0.717, 1.165) is 18.8 Å². The molecule has 0 spiro atoms. The molecule has 1 aromatic rings. The maximum Gasteiger partial charge on any atom is 0.257 e. The smallest absolute Gasteiger partial charge is 0.257 e. The van der Waals surface area contributed by atoms with Gasteiger partial charge in [0.1, 0.15) is 0 Å². The third-order valence-corrected chi connectivity index (χ3v) is 4.15. The van der Waals surface area contributed by atoms with Gasteiger partial charge in [0.05, 0.1) is 17.9 Å². The minimum Gasteiger partial charge on any atom is -0.391 e. The Bertz CT molecular complexity index is 484. The zero-order valence-electron chi connectivity index (χ0n) is 13.4. The molecule has 1 saturated heterocycles. The molecule has 1 aromatic heterocycles. The first-order valence-electron chi connectivity index (χ1n) is 7.48. The van der Waals surface area contributed by atoms with Gasteiger partial charge in [0.15, 0.2) is 0 Å². The molecule has 1 atom stereocenters. The number of carbonyl (C=O) groups is 1. The van der Waals surface area contributed by atoms with Crippen LogP contribution in [0.1, 0.15) is 36.8 Å². The summed E-state index contributed by atoms with van der Waals surface area (Å²) in [6, 6.07) is 0. The number of amides is 1. The molecule has 0 saturated carbocycles. The summed E-state index contributed by atoms with van der Waals surface area (Å²) >= 11 is 0. The van der Waals surface area contributed by atoms with Gasteiger partial charge in [0.25, 0.3) is 5.91 Å². The van der Waals surface area contributed by atoms with Crippen LogP contribution in [0.15, 0.2) is 6.20 Å². The quantitative estimate of drug-likeness (QED) is 0.868. The predicted octanol–water partition coefficient (Wildman–Crippen LogP) is 0.883. The zero-order chi connectivity index (χ0) is 15.6. The molecule has 0 unspecified atom stereocenters. The van der Waals surface area contributed by atoms with Crippen LogP contribution in [0.2, 0.25) is 0 Å². The first-order valence-corrected chi connectivity index (χ1v) is 7.48. The van der Waals surface area contributed by atoms with Crippen LogP contribution in [-0.4, -0.2) is 69.8 Å². The fourth-order valence-electron chi connectivity index (χ4n) is 2.39. The molecular formula is C15H26N4O2. The Morgan fingerprint density at radius 1 is 1.38 bits per heavy atom. The number of aromatic amines is 1. The summed E-state index contributed by atoms with van der Waals surface area (Å²) < 4.78 is 0. The van der Waals surface area contributed by atoms with Crippen LogP contribution >= 0.6 is 0 Å². The van der Waals surface area contributed by atoms with Crippen LogP contribution in [-0.2, 0) is 0 Å². The molecule has 6 nitrogen and oxygen atoms in total. The number of hydrogen-bond acceptors (Lipinski definition) is 4. The standard InChI is InChI=1S/C15H26N4O2/c1-11-12(9-16-17-11)14(21)19-7-5-18(6-8-19)10-13(20)15(2,3)4/h9,13,20H,5-8,10H2,1-4H3,(H,16,17)/t13-/m1/s1. The minimum atomic E-state index is -0.351. The lowest BCUT2D eigenvalue weighted by Crippen LogP contribution is -2.51. The van der Waals surface area contributed by atoms with Crippen LogP contribution in [0.4, 0.5) is 0 Å². The molecule has 21 heavy (non-hydrogen) atoms. The highest BCUT2D eigenvalue weighted by Crippen LogP contribution is 2.20. The first kappa shape index (κ1) is 16.0. The number of nitrogens with one attached hydrogen (secondary N) is 1. The van der Waals surface area contributed by atoms with Gasteiger partial charge in [-0.15, -0.1) is 0 Å². The van der Waals surface area contributed by atoms with Gasteiger partial charge in [-0.2, -0.15) is 5.10 Å². The van der Waals surface area contributed by atoms with Crippen molar-refractivity contribution in [1.29, 1.82) is 0 Å². The van der Waals surface area contributed by atoms with E-state index in [0.29, 0.717) is 25.2 Å². The SMILES string of the molecule is Cc1[nH]ncc1C(=O)N1CCN(C[C@@H](O)C(C)(C)C)CC1. The number of aliphatic hydroxyl groups is 1. The number of β-amino-alcohol motifs (C(OH)–C–C–N with tert-alkyl or cyclic N) is 1. The highest BCUT2D eigenvalue weighted by Gasteiger charge is 2.28. The Labute approximate surface area is 126 Å². The number of aryl methyl sites for hydroxylation is 1. The van der Waals surface area contributed by atoms with Gasteiger partial charge < -0.3 is 10.0 Å². The molecule has 2 heterocycles. The second kappa shape index (κ2) is 6.15. The summed E-state index contributed by atoms with van der Waals surface area (Å²) in [4.78, 5) is 16.5. The summed E-state index contributed by atoms with van der Waals surface area (Å²) in [7, 11) is 0. The van der Waals surface area contributed by atoms with Gasteiger partial charge >= 0.3 is 0 Å². The third kappa shape index (κ3) is 3.83. The van der Waals surface area contributed by atoms with E-state index in [-0.39, 0.29) is 17.4 Å².